The van der Waals surface area contributed by atoms with E-state index in [2.05, 4.69) is 15.9 Å². The third-order valence-corrected chi connectivity index (χ3v) is 4.50. The summed E-state index contributed by atoms with van der Waals surface area (Å²) in [5, 5.41) is 10.3. The number of halogens is 1. The molecular formula is C16H22BrNO2. The highest BCUT2D eigenvalue weighted by molar-refractivity contribution is 9.10. The first-order valence-electron chi connectivity index (χ1n) is 7.19. The third-order valence-electron chi connectivity index (χ3n) is 4.01. The number of nitrogens with zero attached hydrogens (tertiary/aromatic N) is 1. The van der Waals surface area contributed by atoms with Gasteiger partial charge in [-0.3, -0.25) is 4.79 Å². The molecule has 0 saturated heterocycles. The fourth-order valence-electron chi connectivity index (χ4n) is 2.86. The van der Waals surface area contributed by atoms with Crippen LogP contribution in [0.25, 0.3) is 0 Å². The average molecular weight is 340 g/mol. The average Bonchev–Trinajstić information content (AvgIpc) is 2.82. The highest BCUT2D eigenvalue weighted by Gasteiger charge is 2.33. The molecule has 4 heteroatoms. The Kier molecular flexibility index (Phi) is 5.22. The van der Waals surface area contributed by atoms with Crippen molar-refractivity contribution in [2.45, 2.75) is 44.1 Å². The zero-order valence-corrected chi connectivity index (χ0v) is 13.5. The van der Waals surface area contributed by atoms with E-state index in [1.54, 1.807) is 11.9 Å². The Balaban J connectivity index is 1.82. The van der Waals surface area contributed by atoms with Crippen LogP contribution in [0.4, 0.5) is 0 Å². The van der Waals surface area contributed by atoms with Crippen molar-refractivity contribution in [3.63, 3.8) is 0 Å². The zero-order valence-electron chi connectivity index (χ0n) is 11.9. The molecule has 0 bridgehead atoms. The van der Waals surface area contributed by atoms with Gasteiger partial charge in [0.1, 0.15) is 0 Å². The third kappa shape index (κ3) is 4.32. The van der Waals surface area contributed by atoms with Crippen LogP contribution in [0.15, 0.2) is 28.7 Å². The molecule has 0 aliphatic heterocycles. The topological polar surface area (TPSA) is 40.5 Å². The maximum Gasteiger partial charge on any atom is 0.222 e. The maximum absolute atomic E-state index is 12.1. The molecule has 0 spiro atoms. The molecule has 0 atom stereocenters. The first kappa shape index (κ1) is 15.5. The van der Waals surface area contributed by atoms with Gasteiger partial charge in [-0.05, 0) is 37.0 Å². The molecule has 110 valence electrons. The van der Waals surface area contributed by atoms with Crippen molar-refractivity contribution in [1.29, 1.82) is 0 Å². The van der Waals surface area contributed by atoms with Crippen LogP contribution in [-0.2, 0) is 11.2 Å². The van der Waals surface area contributed by atoms with Gasteiger partial charge in [0.15, 0.2) is 0 Å². The molecule has 0 aromatic heterocycles. The Morgan fingerprint density at radius 1 is 1.40 bits per heavy atom. The summed E-state index contributed by atoms with van der Waals surface area (Å²) < 4.78 is 1.04. The van der Waals surface area contributed by atoms with Crippen molar-refractivity contribution in [3.8, 4) is 0 Å². The van der Waals surface area contributed by atoms with Crippen LogP contribution < -0.4 is 0 Å². The monoisotopic (exact) mass is 339 g/mol. The van der Waals surface area contributed by atoms with E-state index in [4.69, 9.17) is 0 Å². The molecule has 1 aromatic carbocycles. The van der Waals surface area contributed by atoms with Crippen LogP contribution in [0.5, 0.6) is 0 Å². The predicted octanol–water partition coefficient (Wildman–Crippen LogP) is 3.15. The fraction of sp³-hybridized carbons (Fsp3) is 0.562. The van der Waals surface area contributed by atoms with Crippen molar-refractivity contribution in [1.82, 2.24) is 4.90 Å². The molecule has 1 amide bonds. The summed E-state index contributed by atoms with van der Waals surface area (Å²) in [6.07, 6.45) is 4.99. The molecule has 1 aromatic rings. The number of benzene rings is 1. The van der Waals surface area contributed by atoms with E-state index >= 15 is 0 Å². The standard InChI is InChI=1S/C16H22BrNO2/c1-18(12-16(20)9-2-3-10-16)15(19)8-7-13-5-4-6-14(17)11-13/h4-6,11,20H,2-3,7-10,12H2,1H3. The molecule has 1 fully saturated rings. The van der Waals surface area contributed by atoms with Crippen LogP contribution in [0.3, 0.4) is 0 Å². The highest BCUT2D eigenvalue weighted by atomic mass is 79.9. The zero-order chi connectivity index (χ0) is 14.6. The van der Waals surface area contributed by atoms with Gasteiger partial charge in [0.2, 0.25) is 5.91 Å². The van der Waals surface area contributed by atoms with E-state index in [0.29, 0.717) is 13.0 Å². The van der Waals surface area contributed by atoms with Crippen molar-refractivity contribution in [2.75, 3.05) is 13.6 Å². The summed E-state index contributed by atoms with van der Waals surface area (Å²) in [4.78, 5) is 13.8. The molecule has 0 unspecified atom stereocenters. The van der Waals surface area contributed by atoms with Crippen LogP contribution in [0.2, 0.25) is 0 Å². The molecule has 1 aliphatic carbocycles. The number of carbonyl (C=O) groups is 1. The summed E-state index contributed by atoms with van der Waals surface area (Å²) in [5.41, 5.74) is 0.501. The molecule has 1 aliphatic rings. The lowest BCUT2D eigenvalue weighted by Crippen LogP contribution is -2.42. The molecule has 3 nitrogen and oxygen atoms in total. The van der Waals surface area contributed by atoms with Crippen molar-refractivity contribution >= 4 is 21.8 Å². The number of likely N-dealkylation sites (N-methyl/N-ethyl adjacent to an activating group) is 1. The van der Waals surface area contributed by atoms with Gasteiger partial charge in [-0.2, -0.15) is 0 Å². The summed E-state index contributed by atoms with van der Waals surface area (Å²) in [6, 6.07) is 8.03. The van der Waals surface area contributed by atoms with Crippen molar-refractivity contribution in [3.05, 3.63) is 34.3 Å². The predicted molar refractivity (Wildman–Crippen MR) is 83.5 cm³/mol. The quantitative estimate of drug-likeness (QED) is 0.895. The summed E-state index contributed by atoms with van der Waals surface area (Å²) in [6.45, 7) is 0.463. The summed E-state index contributed by atoms with van der Waals surface area (Å²) >= 11 is 3.44. The molecule has 20 heavy (non-hydrogen) atoms. The Morgan fingerprint density at radius 2 is 2.10 bits per heavy atom. The van der Waals surface area contributed by atoms with Crippen LogP contribution in [-0.4, -0.2) is 35.1 Å². The molecular weight excluding hydrogens is 318 g/mol. The number of aryl methyl sites for hydroxylation is 1. The minimum Gasteiger partial charge on any atom is -0.388 e. The molecule has 0 radical (unpaired) electrons. The first-order chi connectivity index (χ1) is 9.48. The molecule has 1 N–H and O–H groups in total. The Hall–Kier alpha value is -0.870. The molecule has 0 heterocycles. The number of aliphatic hydroxyl groups is 1. The van der Waals surface area contributed by atoms with Crippen molar-refractivity contribution < 1.29 is 9.90 Å². The first-order valence-corrected chi connectivity index (χ1v) is 7.99. The van der Waals surface area contributed by atoms with Gasteiger partial charge >= 0.3 is 0 Å². The number of rotatable bonds is 5. The minimum absolute atomic E-state index is 0.102. The second-order valence-corrected chi connectivity index (χ2v) is 6.73. The van der Waals surface area contributed by atoms with Gasteiger partial charge in [-0.25, -0.2) is 0 Å². The summed E-state index contributed by atoms with van der Waals surface area (Å²) in [7, 11) is 1.79. The lowest BCUT2D eigenvalue weighted by molar-refractivity contribution is -0.133. The maximum atomic E-state index is 12.1. The number of carbonyl (C=O) groups excluding carboxylic acids is 1. The van der Waals surface area contributed by atoms with E-state index in [-0.39, 0.29) is 5.91 Å². The number of hydrogen-bond donors (Lipinski definition) is 1. The number of hydrogen-bond acceptors (Lipinski definition) is 2. The molecule has 1 saturated carbocycles. The van der Waals surface area contributed by atoms with E-state index in [0.717, 1.165) is 42.1 Å². The van der Waals surface area contributed by atoms with E-state index in [1.165, 1.54) is 0 Å². The summed E-state index contributed by atoms with van der Waals surface area (Å²) in [5.74, 6) is 0.102. The van der Waals surface area contributed by atoms with Gasteiger partial charge in [0.25, 0.3) is 0 Å². The molecule has 2 rings (SSSR count). The van der Waals surface area contributed by atoms with Gasteiger partial charge in [0.05, 0.1) is 5.60 Å². The number of amides is 1. The SMILES string of the molecule is CN(CC1(O)CCCC1)C(=O)CCc1cccc(Br)c1. The Labute approximate surface area is 129 Å². The highest BCUT2D eigenvalue weighted by Crippen LogP contribution is 2.30. The van der Waals surface area contributed by atoms with Crippen LogP contribution >= 0.6 is 15.9 Å². The van der Waals surface area contributed by atoms with E-state index in [1.807, 2.05) is 24.3 Å². The van der Waals surface area contributed by atoms with Crippen LogP contribution in [0, 0.1) is 0 Å². The van der Waals surface area contributed by atoms with E-state index in [9.17, 15) is 9.90 Å². The second kappa shape index (κ2) is 6.72. The minimum atomic E-state index is -0.653. The van der Waals surface area contributed by atoms with Gasteiger partial charge < -0.3 is 10.0 Å². The van der Waals surface area contributed by atoms with Crippen LogP contribution in [0.1, 0.15) is 37.7 Å². The van der Waals surface area contributed by atoms with Gasteiger partial charge in [-0.1, -0.05) is 40.9 Å². The smallest absolute Gasteiger partial charge is 0.222 e. The van der Waals surface area contributed by atoms with E-state index < -0.39 is 5.60 Å². The van der Waals surface area contributed by atoms with Crippen molar-refractivity contribution in [2.24, 2.45) is 0 Å². The largest absolute Gasteiger partial charge is 0.388 e. The Morgan fingerprint density at radius 3 is 2.75 bits per heavy atom. The lowest BCUT2D eigenvalue weighted by atomic mass is 10.0. The van der Waals surface area contributed by atoms with Gasteiger partial charge in [0, 0.05) is 24.5 Å². The van der Waals surface area contributed by atoms with Gasteiger partial charge in [-0.15, -0.1) is 0 Å². The Bertz CT molecular complexity index is 469. The lowest BCUT2D eigenvalue weighted by Gasteiger charge is -2.28. The second-order valence-electron chi connectivity index (χ2n) is 5.81. The fourth-order valence-corrected chi connectivity index (χ4v) is 3.30. The normalized spacial score (nSPS) is 17.1.